The van der Waals surface area contributed by atoms with Crippen LogP contribution in [0.15, 0.2) is 53.9 Å². The summed E-state index contributed by atoms with van der Waals surface area (Å²) in [6.07, 6.45) is 2.43. The second-order valence-electron chi connectivity index (χ2n) is 3.75. The largest absolute Gasteiger partial charge is 0.395 e. The van der Waals surface area contributed by atoms with E-state index >= 15 is 0 Å². The molecule has 0 aromatic heterocycles. The Kier molecular flexibility index (Phi) is 2.78. The van der Waals surface area contributed by atoms with Crippen molar-refractivity contribution in [1.82, 2.24) is 0 Å². The molecule has 0 saturated heterocycles. The third-order valence-corrected chi connectivity index (χ3v) is 2.60. The van der Waals surface area contributed by atoms with Crippen LogP contribution in [0, 0.1) is 0 Å². The molecule has 1 aliphatic carbocycles. The van der Waals surface area contributed by atoms with Crippen LogP contribution in [0.5, 0.6) is 0 Å². The van der Waals surface area contributed by atoms with Gasteiger partial charge in [-0.2, -0.15) is 0 Å². The minimum Gasteiger partial charge on any atom is -0.395 e. The molecule has 0 aliphatic heterocycles. The summed E-state index contributed by atoms with van der Waals surface area (Å²) in [5, 5.41) is 0. The summed E-state index contributed by atoms with van der Waals surface area (Å²) in [5.74, 6) is -0.587. The van der Waals surface area contributed by atoms with E-state index in [2.05, 4.69) is 0 Å². The third-order valence-electron chi connectivity index (χ3n) is 2.60. The molecule has 4 heteroatoms. The van der Waals surface area contributed by atoms with Crippen molar-refractivity contribution in [3.63, 3.8) is 0 Å². The first-order valence-electron chi connectivity index (χ1n) is 5.16. The number of rotatable bonds is 2. The Labute approximate surface area is 99.0 Å². The van der Waals surface area contributed by atoms with E-state index in [0.717, 1.165) is 11.8 Å². The van der Waals surface area contributed by atoms with E-state index in [0.29, 0.717) is 5.70 Å². The molecule has 1 aromatic carbocycles. The molecule has 0 saturated carbocycles. The van der Waals surface area contributed by atoms with Gasteiger partial charge in [0.15, 0.2) is 0 Å². The van der Waals surface area contributed by atoms with Gasteiger partial charge in [-0.1, -0.05) is 18.2 Å². The van der Waals surface area contributed by atoms with Crippen LogP contribution in [-0.2, 0) is 9.59 Å². The molecule has 0 fully saturated rings. The van der Waals surface area contributed by atoms with Crippen molar-refractivity contribution in [3.05, 3.63) is 53.9 Å². The van der Waals surface area contributed by atoms with Gasteiger partial charge in [-0.15, -0.1) is 0 Å². The predicted octanol–water partition coefficient (Wildman–Crippen LogP) is 1.00. The van der Waals surface area contributed by atoms with E-state index in [1.807, 2.05) is 30.3 Å². The van der Waals surface area contributed by atoms with Gasteiger partial charge in [0, 0.05) is 24.9 Å². The smallest absolute Gasteiger partial charge is 0.204 e. The zero-order valence-corrected chi connectivity index (χ0v) is 9.38. The zero-order chi connectivity index (χ0) is 12.4. The van der Waals surface area contributed by atoms with Crippen molar-refractivity contribution in [2.75, 3.05) is 11.9 Å². The normalized spacial score (nSPS) is 15.4. The Morgan fingerprint density at radius 3 is 2.29 bits per heavy atom. The first kappa shape index (κ1) is 11.1. The molecule has 1 aliphatic rings. The van der Waals surface area contributed by atoms with Crippen LogP contribution in [0.3, 0.4) is 0 Å². The van der Waals surface area contributed by atoms with Crippen LogP contribution in [0.4, 0.5) is 5.69 Å². The van der Waals surface area contributed by atoms with Crippen molar-refractivity contribution in [3.8, 4) is 0 Å². The number of nitrogens with zero attached hydrogens (tertiary/aromatic N) is 1. The lowest BCUT2D eigenvalue weighted by molar-refractivity contribution is -0.115. The van der Waals surface area contributed by atoms with E-state index in [-0.39, 0.29) is 17.3 Å². The van der Waals surface area contributed by atoms with Gasteiger partial charge in [-0.3, -0.25) is 9.59 Å². The van der Waals surface area contributed by atoms with Gasteiger partial charge in [0.2, 0.25) is 11.6 Å². The van der Waals surface area contributed by atoms with Crippen LogP contribution >= 0.6 is 0 Å². The fraction of sp³-hybridized carbons (Fsp3) is 0.0769. The topological polar surface area (TPSA) is 63.4 Å². The second kappa shape index (κ2) is 4.25. The number of benzene rings is 1. The number of carbonyl (C=O) groups excluding carboxylic acids is 2. The minimum absolute atomic E-state index is 0.0137. The number of hydrogen-bond donors (Lipinski definition) is 1. The number of para-hydroxylation sites is 1. The lowest BCUT2D eigenvalue weighted by Gasteiger charge is -2.22. The highest BCUT2D eigenvalue weighted by Crippen LogP contribution is 2.19. The molecule has 0 amide bonds. The lowest BCUT2D eigenvalue weighted by atomic mass is 10.1. The Morgan fingerprint density at radius 2 is 1.65 bits per heavy atom. The summed E-state index contributed by atoms with van der Waals surface area (Å²) in [4.78, 5) is 24.9. The molecule has 4 nitrogen and oxygen atoms in total. The quantitative estimate of drug-likeness (QED) is 0.767. The fourth-order valence-corrected chi connectivity index (χ4v) is 1.62. The van der Waals surface area contributed by atoms with Gasteiger partial charge in [-0.05, 0) is 12.1 Å². The number of likely N-dealkylation sites (N-methyl/N-ethyl adjacent to an activating group) is 1. The molecular formula is C13H12N2O2. The van der Waals surface area contributed by atoms with Gasteiger partial charge < -0.3 is 10.6 Å². The lowest BCUT2D eigenvalue weighted by Crippen LogP contribution is -2.28. The van der Waals surface area contributed by atoms with Crippen molar-refractivity contribution in [2.45, 2.75) is 0 Å². The van der Waals surface area contributed by atoms with E-state index in [4.69, 9.17) is 5.73 Å². The molecule has 0 heterocycles. The van der Waals surface area contributed by atoms with Gasteiger partial charge >= 0.3 is 0 Å². The molecule has 0 atom stereocenters. The summed E-state index contributed by atoms with van der Waals surface area (Å²) in [7, 11) is 1.74. The minimum atomic E-state index is -0.331. The highest BCUT2D eigenvalue weighted by Gasteiger charge is 2.21. The molecule has 0 bridgehead atoms. The van der Waals surface area contributed by atoms with Gasteiger partial charge in [0.1, 0.15) is 0 Å². The molecule has 2 rings (SSSR count). The predicted molar refractivity (Wildman–Crippen MR) is 65.2 cm³/mol. The maximum atomic E-state index is 11.7. The zero-order valence-electron chi connectivity index (χ0n) is 9.38. The van der Waals surface area contributed by atoms with E-state index < -0.39 is 0 Å². The number of hydrogen-bond acceptors (Lipinski definition) is 4. The molecule has 17 heavy (non-hydrogen) atoms. The summed E-state index contributed by atoms with van der Waals surface area (Å²) >= 11 is 0. The first-order chi connectivity index (χ1) is 8.09. The maximum absolute atomic E-state index is 11.7. The Morgan fingerprint density at radius 1 is 1.00 bits per heavy atom. The first-order valence-corrected chi connectivity index (χ1v) is 5.16. The molecule has 1 aromatic rings. The Bertz CT molecular complexity index is 530. The highest BCUT2D eigenvalue weighted by molar-refractivity contribution is 6.20. The number of ketones is 2. The average Bonchev–Trinajstić information content (AvgIpc) is 2.34. The number of allylic oxidation sites excluding steroid dienone is 2. The van der Waals surface area contributed by atoms with Gasteiger partial charge in [0.25, 0.3) is 0 Å². The van der Waals surface area contributed by atoms with Crippen LogP contribution in [-0.4, -0.2) is 18.6 Å². The average molecular weight is 228 g/mol. The van der Waals surface area contributed by atoms with E-state index in [1.165, 1.54) is 6.08 Å². The number of carbonyl (C=O) groups is 2. The van der Waals surface area contributed by atoms with Crippen molar-refractivity contribution in [2.24, 2.45) is 5.73 Å². The fourth-order valence-electron chi connectivity index (χ4n) is 1.62. The molecule has 0 unspecified atom stereocenters. The molecule has 86 valence electrons. The van der Waals surface area contributed by atoms with E-state index in [1.54, 1.807) is 11.9 Å². The Hall–Kier alpha value is -2.36. The molecule has 0 spiro atoms. The van der Waals surface area contributed by atoms with Crippen LogP contribution in [0.2, 0.25) is 0 Å². The molecule has 0 radical (unpaired) electrons. The SMILES string of the molecule is CN(C1=CC(=O)C(N)=CC1=O)c1ccccc1. The van der Waals surface area contributed by atoms with Crippen molar-refractivity contribution >= 4 is 17.3 Å². The summed E-state index contributed by atoms with van der Waals surface area (Å²) in [5.41, 5.74) is 6.55. The molecular weight excluding hydrogens is 216 g/mol. The van der Waals surface area contributed by atoms with Crippen LogP contribution < -0.4 is 10.6 Å². The number of anilines is 1. The summed E-state index contributed by atoms with van der Waals surface area (Å²) in [6.45, 7) is 0. The van der Waals surface area contributed by atoms with Crippen molar-refractivity contribution in [1.29, 1.82) is 0 Å². The Balaban J connectivity index is 2.33. The van der Waals surface area contributed by atoms with Crippen LogP contribution in [0.25, 0.3) is 0 Å². The molecule has 2 N–H and O–H groups in total. The van der Waals surface area contributed by atoms with Gasteiger partial charge in [0.05, 0.1) is 11.4 Å². The third kappa shape index (κ3) is 2.10. The number of nitrogens with two attached hydrogens (primary N) is 1. The van der Waals surface area contributed by atoms with Gasteiger partial charge in [-0.25, -0.2) is 0 Å². The summed E-state index contributed by atoms with van der Waals surface area (Å²) < 4.78 is 0. The standard InChI is InChI=1S/C13H12N2O2/c1-15(9-5-3-2-4-6-9)11-8-12(16)10(14)7-13(11)17/h2-8H,14H2,1H3. The van der Waals surface area contributed by atoms with E-state index in [9.17, 15) is 9.59 Å². The van der Waals surface area contributed by atoms with Crippen molar-refractivity contribution < 1.29 is 9.59 Å². The monoisotopic (exact) mass is 228 g/mol. The summed E-state index contributed by atoms with van der Waals surface area (Å²) in [6, 6.07) is 9.34. The maximum Gasteiger partial charge on any atom is 0.204 e. The highest BCUT2D eigenvalue weighted by atomic mass is 16.1. The van der Waals surface area contributed by atoms with Crippen LogP contribution in [0.1, 0.15) is 0 Å². The second-order valence-corrected chi connectivity index (χ2v) is 3.75.